The SMILES string of the molecule is Cn1cc(S(=O)(=O)NC2CCCC2CO)c(F)c1C(=O)O. The van der Waals surface area contributed by atoms with Crippen LogP contribution in [-0.2, 0) is 17.1 Å². The number of aryl methyl sites for hydroxylation is 1. The Labute approximate surface area is 121 Å². The zero-order chi connectivity index (χ0) is 15.8. The molecule has 1 aromatic rings. The second-order valence-corrected chi connectivity index (χ2v) is 6.86. The summed E-state index contributed by atoms with van der Waals surface area (Å²) >= 11 is 0. The maximum absolute atomic E-state index is 14.0. The third-order valence-electron chi connectivity index (χ3n) is 3.78. The fourth-order valence-electron chi connectivity index (χ4n) is 2.67. The number of hydrogen-bond acceptors (Lipinski definition) is 4. The van der Waals surface area contributed by atoms with Crippen LogP contribution in [-0.4, -0.2) is 41.8 Å². The van der Waals surface area contributed by atoms with E-state index in [1.807, 2.05) is 0 Å². The molecule has 1 heterocycles. The summed E-state index contributed by atoms with van der Waals surface area (Å²) in [5, 5.41) is 18.1. The number of sulfonamides is 1. The van der Waals surface area contributed by atoms with Crippen molar-refractivity contribution in [1.82, 2.24) is 9.29 Å². The summed E-state index contributed by atoms with van der Waals surface area (Å²) in [7, 11) is -2.91. The Morgan fingerprint density at radius 1 is 1.52 bits per heavy atom. The van der Waals surface area contributed by atoms with Gasteiger partial charge in [-0.1, -0.05) is 6.42 Å². The van der Waals surface area contributed by atoms with Crippen molar-refractivity contribution in [2.75, 3.05) is 6.61 Å². The van der Waals surface area contributed by atoms with Gasteiger partial charge in [-0.15, -0.1) is 0 Å². The van der Waals surface area contributed by atoms with Crippen LogP contribution in [0.5, 0.6) is 0 Å². The average molecular weight is 320 g/mol. The number of carbonyl (C=O) groups is 1. The molecule has 1 fully saturated rings. The highest BCUT2D eigenvalue weighted by Gasteiger charge is 2.34. The van der Waals surface area contributed by atoms with E-state index in [0.29, 0.717) is 12.8 Å². The first-order valence-electron chi connectivity index (χ1n) is 6.49. The highest BCUT2D eigenvalue weighted by molar-refractivity contribution is 7.89. The Balaban J connectivity index is 2.32. The summed E-state index contributed by atoms with van der Waals surface area (Å²) in [6, 6.07) is -0.465. The van der Waals surface area contributed by atoms with E-state index >= 15 is 0 Å². The molecule has 1 saturated carbocycles. The first-order valence-corrected chi connectivity index (χ1v) is 7.97. The number of aromatic carboxylic acids is 1. The average Bonchev–Trinajstić information content (AvgIpc) is 2.93. The van der Waals surface area contributed by atoms with E-state index < -0.39 is 38.4 Å². The topological polar surface area (TPSA) is 109 Å². The molecule has 0 saturated heterocycles. The molecule has 0 aliphatic heterocycles. The first kappa shape index (κ1) is 15.9. The van der Waals surface area contributed by atoms with Crippen molar-refractivity contribution in [2.24, 2.45) is 13.0 Å². The van der Waals surface area contributed by atoms with Gasteiger partial charge in [0.25, 0.3) is 0 Å². The molecule has 0 spiro atoms. The van der Waals surface area contributed by atoms with Gasteiger partial charge >= 0.3 is 5.97 Å². The molecule has 1 aliphatic rings. The summed E-state index contributed by atoms with van der Waals surface area (Å²) in [6.07, 6.45) is 2.96. The van der Waals surface area contributed by atoms with Crippen molar-refractivity contribution in [3.05, 3.63) is 17.7 Å². The predicted molar refractivity (Wildman–Crippen MR) is 70.9 cm³/mol. The minimum atomic E-state index is -4.17. The van der Waals surface area contributed by atoms with E-state index in [2.05, 4.69) is 4.72 Å². The third-order valence-corrected chi connectivity index (χ3v) is 5.26. The van der Waals surface area contributed by atoms with Crippen LogP contribution in [0.15, 0.2) is 11.1 Å². The molecule has 0 radical (unpaired) electrons. The molecule has 7 nitrogen and oxygen atoms in total. The van der Waals surface area contributed by atoms with Crippen molar-refractivity contribution in [3.63, 3.8) is 0 Å². The number of hydrogen-bond donors (Lipinski definition) is 3. The molecule has 0 bridgehead atoms. The van der Waals surface area contributed by atoms with Crippen LogP contribution in [0.2, 0.25) is 0 Å². The van der Waals surface area contributed by atoms with Crippen molar-refractivity contribution in [2.45, 2.75) is 30.2 Å². The lowest BCUT2D eigenvalue weighted by Crippen LogP contribution is -2.38. The van der Waals surface area contributed by atoms with Gasteiger partial charge in [-0.3, -0.25) is 0 Å². The van der Waals surface area contributed by atoms with E-state index in [0.717, 1.165) is 17.2 Å². The number of carboxylic acid groups (broad SMARTS) is 1. The Hall–Kier alpha value is -1.45. The monoisotopic (exact) mass is 320 g/mol. The summed E-state index contributed by atoms with van der Waals surface area (Å²) in [4.78, 5) is 10.2. The number of nitrogens with one attached hydrogen (secondary N) is 1. The van der Waals surface area contributed by atoms with E-state index in [-0.39, 0.29) is 12.5 Å². The molecule has 2 atom stereocenters. The molecule has 1 aliphatic carbocycles. The number of halogens is 1. The van der Waals surface area contributed by atoms with Crippen molar-refractivity contribution >= 4 is 16.0 Å². The summed E-state index contributed by atoms with van der Waals surface area (Å²) < 4.78 is 41.7. The Morgan fingerprint density at radius 2 is 2.19 bits per heavy atom. The Bertz CT molecular complexity index is 655. The maximum Gasteiger partial charge on any atom is 0.355 e. The minimum absolute atomic E-state index is 0.148. The molecule has 0 aromatic carbocycles. The van der Waals surface area contributed by atoms with Crippen molar-refractivity contribution < 1.29 is 27.8 Å². The first-order chi connectivity index (χ1) is 9.77. The summed E-state index contributed by atoms with van der Waals surface area (Å²) in [6.45, 7) is -0.148. The smallest absolute Gasteiger partial charge is 0.355 e. The lowest BCUT2D eigenvalue weighted by Gasteiger charge is -2.18. The third kappa shape index (κ3) is 2.94. The zero-order valence-electron chi connectivity index (χ0n) is 11.4. The maximum atomic E-state index is 14.0. The summed E-state index contributed by atoms with van der Waals surface area (Å²) in [5.74, 6) is -3.02. The number of aliphatic hydroxyl groups is 1. The van der Waals surface area contributed by atoms with Crippen LogP contribution in [0, 0.1) is 11.7 Å². The number of carboxylic acids is 1. The number of aliphatic hydroxyl groups excluding tert-OH is 1. The van der Waals surface area contributed by atoms with Crippen molar-refractivity contribution in [3.8, 4) is 0 Å². The van der Waals surface area contributed by atoms with Crippen LogP contribution in [0.3, 0.4) is 0 Å². The van der Waals surface area contributed by atoms with Gasteiger partial charge in [0.05, 0.1) is 0 Å². The number of aromatic nitrogens is 1. The lowest BCUT2D eigenvalue weighted by atomic mass is 10.1. The predicted octanol–water partition coefficient (Wildman–Crippen LogP) is 0.302. The fourth-order valence-corrected chi connectivity index (χ4v) is 4.14. The van der Waals surface area contributed by atoms with Gasteiger partial charge in [0.2, 0.25) is 10.0 Å². The molecule has 3 N–H and O–H groups in total. The molecule has 9 heteroatoms. The molecule has 21 heavy (non-hydrogen) atoms. The van der Waals surface area contributed by atoms with Gasteiger partial charge in [-0.25, -0.2) is 22.3 Å². The van der Waals surface area contributed by atoms with Gasteiger partial charge in [-0.05, 0) is 18.8 Å². The molecule has 118 valence electrons. The van der Waals surface area contributed by atoms with Crippen LogP contribution >= 0.6 is 0 Å². The zero-order valence-corrected chi connectivity index (χ0v) is 12.2. The van der Waals surface area contributed by atoms with Crippen LogP contribution in [0.1, 0.15) is 29.8 Å². The van der Waals surface area contributed by atoms with Crippen LogP contribution in [0.25, 0.3) is 0 Å². The van der Waals surface area contributed by atoms with E-state index in [4.69, 9.17) is 5.11 Å². The standard InChI is InChI=1S/C12H17FN2O5S/c1-15-5-9(10(13)11(15)12(17)18)21(19,20)14-8-4-2-3-7(8)6-16/h5,7-8,14,16H,2-4,6H2,1H3,(H,17,18). The van der Waals surface area contributed by atoms with Gasteiger partial charge in [0.15, 0.2) is 11.5 Å². The second-order valence-electron chi connectivity index (χ2n) is 5.17. The van der Waals surface area contributed by atoms with Gasteiger partial charge in [0, 0.05) is 25.9 Å². The largest absolute Gasteiger partial charge is 0.476 e. The highest BCUT2D eigenvalue weighted by Crippen LogP contribution is 2.28. The second kappa shape index (κ2) is 5.74. The highest BCUT2D eigenvalue weighted by atomic mass is 32.2. The molecule has 1 aromatic heterocycles. The van der Waals surface area contributed by atoms with Crippen LogP contribution < -0.4 is 4.72 Å². The normalized spacial score (nSPS) is 22.6. The molecular formula is C12H17FN2O5S. The van der Waals surface area contributed by atoms with E-state index in [1.54, 1.807) is 0 Å². The molecule has 0 amide bonds. The van der Waals surface area contributed by atoms with E-state index in [1.165, 1.54) is 7.05 Å². The van der Waals surface area contributed by atoms with E-state index in [9.17, 15) is 22.7 Å². The van der Waals surface area contributed by atoms with Crippen LogP contribution in [0.4, 0.5) is 4.39 Å². The quantitative estimate of drug-likeness (QED) is 0.723. The van der Waals surface area contributed by atoms with Gasteiger partial charge in [-0.2, -0.15) is 0 Å². The minimum Gasteiger partial charge on any atom is -0.476 e. The van der Waals surface area contributed by atoms with Crippen molar-refractivity contribution in [1.29, 1.82) is 0 Å². The number of nitrogens with zero attached hydrogens (tertiary/aromatic N) is 1. The molecule has 2 rings (SSSR count). The van der Waals surface area contributed by atoms with Gasteiger partial charge < -0.3 is 14.8 Å². The summed E-state index contributed by atoms with van der Waals surface area (Å²) in [5.41, 5.74) is -0.708. The lowest BCUT2D eigenvalue weighted by molar-refractivity contribution is 0.0681. The Morgan fingerprint density at radius 3 is 2.71 bits per heavy atom. The molecular weight excluding hydrogens is 303 g/mol. The fraction of sp³-hybridized carbons (Fsp3) is 0.583. The van der Waals surface area contributed by atoms with Gasteiger partial charge in [0.1, 0.15) is 4.90 Å². The number of rotatable bonds is 5. The Kier molecular flexibility index (Phi) is 4.35. The molecule has 2 unspecified atom stereocenters.